The second-order valence-corrected chi connectivity index (χ2v) is 3.88. The van der Waals surface area contributed by atoms with E-state index in [1.165, 1.54) is 7.11 Å². The molecule has 0 saturated heterocycles. The van der Waals surface area contributed by atoms with Crippen molar-refractivity contribution < 1.29 is 19.4 Å². The Hall–Kier alpha value is -1.88. The number of carboxylic acid groups (broad SMARTS) is 1. The highest BCUT2D eigenvalue weighted by molar-refractivity contribution is 5.89. The Morgan fingerprint density at radius 3 is 2.67 bits per heavy atom. The zero-order valence-corrected chi connectivity index (χ0v) is 10.5. The van der Waals surface area contributed by atoms with Gasteiger partial charge in [-0.1, -0.05) is 18.2 Å². The number of benzene rings is 1. The molecule has 0 aliphatic heterocycles. The number of amides is 1. The van der Waals surface area contributed by atoms with Crippen LogP contribution < -0.4 is 5.32 Å². The van der Waals surface area contributed by atoms with Crippen molar-refractivity contribution in [2.75, 3.05) is 13.7 Å². The summed E-state index contributed by atoms with van der Waals surface area (Å²) in [5.74, 6) is -1.16. The average molecular weight is 251 g/mol. The van der Waals surface area contributed by atoms with Crippen molar-refractivity contribution in [2.24, 2.45) is 0 Å². The first-order chi connectivity index (χ1) is 8.56. The van der Waals surface area contributed by atoms with E-state index in [-0.39, 0.29) is 11.5 Å². The predicted molar refractivity (Wildman–Crippen MR) is 66.6 cm³/mol. The van der Waals surface area contributed by atoms with Gasteiger partial charge in [-0.25, -0.2) is 4.79 Å². The molecule has 1 rings (SSSR count). The highest BCUT2D eigenvalue weighted by Gasteiger charge is 2.12. The summed E-state index contributed by atoms with van der Waals surface area (Å²) in [5.41, 5.74) is 0.974. The van der Waals surface area contributed by atoms with Gasteiger partial charge in [0.25, 0.3) is 0 Å². The standard InChI is InChI=1S/C13H17NO4/c1-9(18-2)12(15)14-8-7-10-5-3-4-6-11(10)13(16)17/h3-6,9H,7-8H2,1-2H3,(H,14,15)(H,16,17). The van der Waals surface area contributed by atoms with Crippen LogP contribution in [0.5, 0.6) is 0 Å². The Bertz CT molecular complexity index is 431. The number of carboxylic acids is 1. The Morgan fingerprint density at radius 2 is 2.06 bits per heavy atom. The summed E-state index contributed by atoms with van der Waals surface area (Å²) in [6, 6.07) is 6.76. The first-order valence-electron chi connectivity index (χ1n) is 5.68. The fourth-order valence-corrected chi connectivity index (χ4v) is 1.52. The maximum Gasteiger partial charge on any atom is 0.335 e. The normalized spacial score (nSPS) is 11.9. The van der Waals surface area contributed by atoms with Gasteiger partial charge in [0.05, 0.1) is 5.56 Å². The third kappa shape index (κ3) is 3.85. The molecule has 1 aromatic carbocycles. The summed E-state index contributed by atoms with van der Waals surface area (Å²) >= 11 is 0. The van der Waals surface area contributed by atoms with Crippen molar-refractivity contribution in [3.8, 4) is 0 Å². The molecule has 0 radical (unpaired) electrons. The molecule has 0 fully saturated rings. The third-order valence-electron chi connectivity index (χ3n) is 2.66. The van der Waals surface area contributed by atoms with E-state index >= 15 is 0 Å². The molecule has 1 atom stereocenters. The van der Waals surface area contributed by atoms with Crippen LogP contribution in [0.4, 0.5) is 0 Å². The second kappa shape index (κ2) is 6.76. The number of hydrogen-bond donors (Lipinski definition) is 2. The van der Waals surface area contributed by atoms with Gasteiger partial charge in [0.1, 0.15) is 6.10 Å². The molecule has 18 heavy (non-hydrogen) atoms. The summed E-state index contributed by atoms with van der Waals surface area (Å²) in [7, 11) is 1.46. The largest absolute Gasteiger partial charge is 0.478 e. The third-order valence-corrected chi connectivity index (χ3v) is 2.66. The van der Waals surface area contributed by atoms with E-state index in [9.17, 15) is 9.59 Å². The highest BCUT2D eigenvalue weighted by atomic mass is 16.5. The van der Waals surface area contributed by atoms with Gasteiger partial charge < -0.3 is 15.2 Å². The zero-order valence-electron chi connectivity index (χ0n) is 10.5. The number of rotatable bonds is 6. The number of aromatic carboxylic acids is 1. The van der Waals surface area contributed by atoms with Crippen molar-refractivity contribution in [3.05, 3.63) is 35.4 Å². The molecule has 0 spiro atoms. The highest BCUT2D eigenvalue weighted by Crippen LogP contribution is 2.08. The van der Waals surface area contributed by atoms with Crippen LogP contribution in [0.2, 0.25) is 0 Å². The molecule has 0 saturated carbocycles. The lowest BCUT2D eigenvalue weighted by Crippen LogP contribution is -2.35. The molecule has 1 amide bonds. The molecular weight excluding hydrogens is 234 g/mol. The molecule has 0 aliphatic rings. The van der Waals surface area contributed by atoms with E-state index in [1.807, 2.05) is 0 Å². The second-order valence-electron chi connectivity index (χ2n) is 3.88. The summed E-state index contributed by atoms with van der Waals surface area (Å²) in [5, 5.41) is 11.7. The van der Waals surface area contributed by atoms with E-state index in [0.29, 0.717) is 18.5 Å². The van der Waals surface area contributed by atoms with Crippen molar-refractivity contribution in [2.45, 2.75) is 19.4 Å². The number of methoxy groups -OCH3 is 1. The molecular formula is C13H17NO4. The molecule has 0 heterocycles. The fraction of sp³-hybridized carbons (Fsp3) is 0.385. The lowest BCUT2D eigenvalue weighted by atomic mass is 10.0. The van der Waals surface area contributed by atoms with E-state index in [0.717, 1.165) is 0 Å². The Morgan fingerprint density at radius 1 is 1.39 bits per heavy atom. The summed E-state index contributed by atoms with van der Waals surface area (Å²) in [6.45, 7) is 2.04. The quantitative estimate of drug-likeness (QED) is 0.793. The van der Waals surface area contributed by atoms with Gasteiger partial charge in [-0.15, -0.1) is 0 Å². The van der Waals surface area contributed by atoms with Crippen LogP contribution in [0.3, 0.4) is 0 Å². The first kappa shape index (κ1) is 14.2. The molecule has 0 aliphatic carbocycles. The van der Waals surface area contributed by atoms with Gasteiger partial charge in [0.2, 0.25) is 5.91 Å². The zero-order chi connectivity index (χ0) is 13.5. The van der Waals surface area contributed by atoms with Gasteiger partial charge >= 0.3 is 5.97 Å². The fourth-order valence-electron chi connectivity index (χ4n) is 1.52. The number of ether oxygens (including phenoxy) is 1. The molecule has 2 N–H and O–H groups in total. The molecule has 0 bridgehead atoms. The minimum Gasteiger partial charge on any atom is -0.478 e. The number of carbonyl (C=O) groups excluding carboxylic acids is 1. The molecule has 98 valence electrons. The van der Waals surface area contributed by atoms with Crippen LogP contribution in [-0.4, -0.2) is 36.7 Å². The number of carbonyl (C=O) groups is 2. The van der Waals surface area contributed by atoms with Crippen molar-refractivity contribution in [1.29, 1.82) is 0 Å². The van der Waals surface area contributed by atoms with Gasteiger partial charge in [0, 0.05) is 13.7 Å². The predicted octanol–water partition coefficient (Wildman–Crippen LogP) is 1.08. The van der Waals surface area contributed by atoms with Crippen LogP contribution in [0.1, 0.15) is 22.8 Å². The topological polar surface area (TPSA) is 75.6 Å². The van der Waals surface area contributed by atoms with E-state index in [2.05, 4.69) is 5.32 Å². The smallest absolute Gasteiger partial charge is 0.335 e. The van der Waals surface area contributed by atoms with Crippen LogP contribution >= 0.6 is 0 Å². The molecule has 0 aromatic heterocycles. The van der Waals surface area contributed by atoms with Crippen molar-refractivity contribution in [1.82, 2.24) is 5.32 Å². The summed E-state index contributed by atoms with van der Waals surface area (Å²) in [4.78, 5) is 22.4. The minimum absolute atomic E-state index is 0.203. The van der Waals surface area contributed by atoms with Crippen LogP contribution in [0.15, 0.2) is 24.3 Å². The first-order valence-corrected chi connectivity index (χ1v) is 5.68. The van der Waals surface area contributed by atoms with Crippen LogP contribution in [0.25, 0.3) is 0 Å². The Labute approximate surface area is 106 Å². The van der Waals surface area contributed by atoms with E-state index in [1.54, 1.807) is 31.2 Å². The number of nitrogens with one attached hydrogen (secondary N) is 1. The number of hydrogen-bond acceptors (Lipinski definition) is 3. The summed E-state index contributed by atoms with van der Waals surface area (Å²) < 4.78 is 4.87. The monoisotopic (exact) mass is 251 g/mol. The van der Waals surface area contributed by atoms with E-state index < -0.39 is 12.1 Å². The van der Waals surface area contributed by atoms with Crippen LogP contribution in [-0.2, 0) is 16.0 Å². The maximum atomic E-state index is 11.4. The lowest BCUT2D eigenvalue weighted by molar-refractivity contribution is -0.129. The Balaban J connectivity index is 2.54. The van der Waals surface area contributed by atoms with E-state index in [4.69, 9.17) is 9.84 Å². The van der Waals surface area contributed by atoms with Gasteiger partial charge in [-0.3, -0.25) is 4.79 Å². The SMILES string of the molecule is COC(C)C(=O)NCCc1ccccc1C(=O)O. The van der Waals surface area contributed by atoms with Gasteiger partial charge in [-0.2, -0.15) is 0 Å². The van der Waals surface area contributed by atoms with Crippen molar-refractivity contribution >= 4 is 11.9 Å². The molecule has 5 heteroatoms. The summed E-state index contributed by atoms with van der Waals surface area (Å²) in [6.07, 6.45) is -0.0234. The molecule has 1 unspecified atom stereocenters. The van der Waals surface area contributed by atoms with Gasteiger partial charge in [0.15, 0.2) is 0 Å². The minimum atomic E-state index is -0.956. The molecule has 5 nitrogen and oxygen atoms in total. The maximum absolute atomic E-state index is 11.4. The van der Waals surface area contributed by atoms with Gasteiger partial charge in [-0.05, 0) is 25.0 Å². The average Bonchev–Trinajstić information content (AvgIpc) is 2.38. The lowest BCUT2D eigenvalue weighted by Gasteiger charge is -2.11. The van der Waals surface area contributed by atoms with Crippen molar-refractivity contribution in [3.63, 3.8) is 0 Å². The van der Waals surface area contributed by atoms with Crippen LogP contribution in [0, 0.1) is 0 Å². The Kier molecular flexibility index (Phi) is 5.32. The molecule has 1 aromatic rings.